The number of aliphatic hydroxyl groups is 1. The maximum Gasteiger partial charge on any atom is 0.223 e. The second-order valence-electron chi connectivity index (χ2n) is 6.90. The molecule has 0 spiro atoms. The van der Waals surface area contributed by atoms with Gasteiger partial charge in [-0.15, -0.1) is 0 Å². The number of aliphatic hydroxyl groups excluding tert-OH is 1. The molecule has 1 aliphatic carbocycles. The molecule has 18 heavy (non-hydrogen) atoms. The van der Waals surface area contributed by atoms with Crippen LogP contribution in [-0.2, 0) is 4.79 Å². The summed E-state index contributed by atoms with van der Waals surface area (Å²) in [6.07, 6.45) is 5.00. The van der Waals surface area contributed by atoms with Crippen molar-refractivity contribution in [3.05, 3.63) is 0 Å². The van der Waals surface area contributed by atoms with E-state index in [1.807, 2.05) is 0 Å². The number of carbonyl (C=O) groups excluding carboxylic acids is 1. The molecule has 0 aromatic carbocycles. The molecule has 0 bridgehead atoms. The molecule has 3 heteroatoms. The van der Waals surface area contributed by atoms with Gasteiger partial charge in [0, 0.05) is 18.6 Å². The normalized spacial score (nSPS) is 26.7. The topological polar surface area (TPSA) is 49.3 Å². The third kappa shape index (κ3) is 4.60. The van der Waals surface area contributed by atoms with Crippen LogP contribution in [0, 0.1) is 17.3 Å². The Morgan fingerprint density at radius 3 is 2.28 bits per heavy atom. The molecule has 1 aliphatic rings. The van der Waals surface area contributed by atoms with Gasteiger partial charge < -0.3 is 10.4 Å². The zero-order valence-corrected chi connectivity index (χ0v) is 12.3. The predicted octanol–water partition coefficient (Wildman–Crippen LogP) is 2.73. The zero-order valence-electron chi connectivity index (χ0n) is 12.3. The molecule has 1 fully saturated rings. The first-order valence-electron chi connectivity index (χ1n) is 7.25. The van der Waals surface area contributed by atoms with E-state index in [0.29, 0.717) is 6.42 Å². The van der Waals surface area contributed by atoms with Gasteiger partial charge in [-0.2, -0.15) is 0 Å². The average Bonchev–Trinajstić information content (AvgIpc) is 2.28. The molecule has 0 aromatic rings. The lowest BCUT2D eigenvalue weighted by Gasteiger charge is -2.33. The van der Waals surface area contributed by atoms with Gasteiger partial charge in [0.05, 0.1) is 0 Å². The highest BCUT2D eigenvalue weighted by atomic mass is 16.3. The van der Waals surface area contributed by atoms with Crippen LogP contribution in [0.25, 0.3) is 0 Å². The molecular weight excluding hydrogens is 226 g/mol. The van der Waals surface area contributed by atoms with Gasteiger partial charge in [0.1, 0.15) is 0 Å². The van der Waals surface area contributed by atoms with E-state index >= 15 is 0 Å². The van der Waals surface area contributed by atoms with Crippen LogP contribution in [0.15, 0.2) is 0 Å². The summed E-state index contributed by atoms with van der Waals surface area (Å²) in [6, 6.07) is 0.0642. The summed E-state index contributed by atoms with van der Waals surface area (Å²) in [7, 11) is 0. The van der Waals surface area contributed by atoms with Crippen molar-refractivity contribution in [2.24, 2.45) is 17.3 Å². The fourth-order valence-electron chi connectivity index (χ4n) is 2.66. The molecule has 0 aliphatic heterocycles. The fourth-order valence-corrected chi connectivity index (χ4v) is 2.66. The number of rotatable bonds is 4. The van der Waals surface area contributed by atoms with Gasteiger partial charge in [0.15, 0.2) is 0 Å². The van der Waals surface area contributed by atoms with Gasteiger partial charge in [0.2, 0.25) is 5.91 Å². The molecule has 0 aromatic heterocycles. The Morgan fingerprint density at radius 2 is 1.83 bits per heavy atom. The third-order valence-electron chi connectivity index (χ3n) is 4.17. The monoisotopic (exact) mass is 255 g/mol. The minimum atomic E-state index is 0.000346. The highest BCUT2D eigenvalue weighted by molar-refractivity contribution is 5.79. The largest absolute Gasteiger partial charge is 0.396 e. The van der Waals surface area contributed by atoms with Crippen molar-refractivity contribution >= 4 is 5.91 Å². The molecule has 3 nitrogen and oxygen atoms in total. The van der Waals surface area contributed by atoms with Crippen molar-refractivity contribution in [2.75, 3.05) is 6.61 Å². The van der Waals surface area contributed by atoms with Crippen LogP contribution in [0.2, 0.25) is 0 Å². The molecule has 1 unspecified atom stereocenters. The second-order valence-corrected chi connectivity index (χ2v) is 6.90. The highest BCUT2D eigenvalue weighted by Crippen LogP contribution is 2.29. The highest BCUT2D eigenvalue weighted by Gasteiger charge is 2.30. The van der Waals surface area contributed by atoms with E-state index in [9.17, 15) is 4.79 Å². The van der Waals surface area contributed by atoms with Crippen LogP contribution in [-0.4, -0.2) is 23.7 Å². The number of hydrogen-bond donors (Lipinski definition) is 2. The lowest BCUT2D eigenvalue weighted by Crippen LogP contribution is -2.47. The summed E-state index contributed by atoms with van der Waals surface area (Å²) < 4.78 is 0. The second kappa shape index (κ2) is 6.55. The van der Waals surface area contributed by atoms with Crippen molar-refractivity contribution in [1.29, 1.82) is 0 Å². The standard InChI is InChI=1S/C15H29NO2/c1-11-5-7-12(8-6-11)14(18)16-13(9-10-17)15(2,3)4/h11-13,17H,5-10H2,1-4H3,(H,16,18). The van der Waals surface area contributed by atoms with E-state index < -0.39 is 0 Å². The van der Waals surface area contributed by atoms with Crippen molar-refractivity contribution < 1.29 is 9.90 Å². The van der Waals surface area contributed by atoms with E-state index in [0.717, 1.165) is 31.6 Å². The van der Waals surface area contributed by atoms with Crippen LogP contribution < -0.4 is 5.32 Å². The van der Waals surface area contributed by atoms with Gasteiger partial charge in [-0.1, -0.05) is 27.7 Å². The molecule has 1 rings (SSSR count). The molecule has 2 N–H and O–H groups in total. The first kappa shape index (κ1) is 15.5. The Kier molecular flexibility index (Phi) is 5.64. The van der Waals surface area contributed by atoms with E-state index in [1.54, 1.807) is 0 Å². The van der Waals surface area contributed by atoms with Crippen molar-refractivity contribution in [3.63, 3.8) is 0 Å². The minimum Gasteiger partial charge on any atom is -0.396 e. The van der Waals surface area contributed by atoms with Crippen LogP contribution in [0.5, 0.6) is 0 Å². The lowest BCUT2D eigenvalue weighted by molar-refractivity contribution is -0.127. The summed E-state index contributed by atoms with van der Waals surface area (Å²) in [4.78, 5) is 12.2. The Hall–Kier alpha value is -0.570. The summed E-state index contributed by atoms with van der Waals surface area (Å²) in [6.45, 7) is 8.71. The van der Waals surface area contributed by atoms with Crippen LogP contribution in [0.1, 0.15) is 59.8 Å². The first-order chi connectivity index (χ1) is 8.34. The number of nitrogens with one attached hydrogen (secondary N) is 1. The lowest BCUT2D eigenvalue weighted by atomic mass is 9.81. The van der Waals surface area contributed by atoms with E-state index in [4.69, 9.17) is 5.11 Å². The zero-order chi connectivity index (χ0) is 13.8. The quantitative estimate of drug-likeness (QED) is 0.811. The van der Waals surface area contributed by atoms with Gasteiger partial charge in [-0.05, 0) is 43.4 Å². The molecule has 0 heterocycles. The summed E-state index contributed by atoms with van der Waals surface area (Å²) in [5, 5.41) is 12.3. The Bertz CT molecular complexity index is 262. The maximum absolute atomic E-state index is 12.2. The van der Waals surface area contributed by atoms with Gasteiger partial charge in [-0.3, -0.25) is 4.79 Å². The number of carbonyl (C=O) groups is 1. The van der Waals surface area contributed by atoms with Crippen molar-refractivity contribution in [1.82, 2.24) is 5.32 Å². The smallest absolute Gasteiger partial charge is 0.223 e. The molecule has 0 radical (unpaired) electrons. The summed E-state index contributed by atoms with van der Waals surface area (Å²) in [5.74, 6) is 1.14. The third-order valence-corrected chi connectivity index (χ3v) is 4.17. The minimum absolute atomic E-state index is 0.000346. The number of amides is 1. The van der Waals surface area contributed by atoms with Crippen molar-refractivity contribution in [2.45, 2.75) is 65.8 Å². The number of hydrogen-bond acceptors (Lipinski definition) is 2. The Balaban J connectivity index is 2.51. The van der Waals surface area contributed by atoms with E-state index in [2.05, 4.69) is 33.0 Å². The average molecular weight is 255 g/mol. The summed E-state index contributed by atoms with van der Waals surface area (Å²) >= 11 is 0. The molecule has 0 saturated heterocycles. The van der Waals surface area contributed by atoms with Gasteiger partial charge >= 0.3 is 0 Å². The van der Waals surface area contributed by atoms with Crippen molar-refractivity contribution in [3.8, 4) is 0 Å². The van der Waals surface area contributed by atoms with E-state index in [-0.39, 0.29) is 29.9 Å². The molecule has 1 saturated carbocycles. The van der Waals surface area contributed by atoms with Crippen LogP contribution >= 0.6 is 0 Å². The summed E-state index contributed by atoms with van der Waals surface area (Å²) in [5.41, 5.74) is 0.000346. The molecular formula is C15H29NO2. The Morgan fingerprint density at radius 1 is 1.28 bits per heavy atom. The van der Waals surface area contributed by atoms with Crippen LogP contribution in [0.4, 0.5) is 0 Å². The molecule has 1 amide bonds. The van der Waals surface area contributed by atoms with Gasteiger partial charge in [0.25, 0.3) is 0 Å². The molecule has 106 valence electrons. The van der Waals surface area contributed by atoms with Gasteiger partial charge in [-0.25, -0.2) is 0 Å². The van der Waals surface area contributed by atoms with Crippen LogP contribution in [0.3, 0.4) is 0 Å². The fraction of sp³-hybridized carbons (Fsp3) is 0.933. The first-order valence-corrected chi connectivity index (χ1v) is 7.25. The predicted molar refractivity (Wildman–Crippen MR) is 74.2 cm³/mol. The Labute approximate surface area is 111 Å². The SMILES string of the molecule is CC1CCC(C(=O)NC(CCO)C(C)(C)C)CC1. The molecule has 1 atom stereocenters. The maximum atomic E-state index is 12.2. The van der Waals surface area contributed by atoms with E-state index in [1.165, 1.54) is 0 Å².